The summed E-state index contributed by atoms with van der Waals surface area (Å²) in [5.74, 6) is 0.842. The monoisotopic (exact) mass is 214 g/mol. The summed E-state index contributed by atoms with van der Waals surface area (Å²) in [5.41, 5.74) is 0. The minimum atomic E-state index is 0.591. The smallest absolute Gasteiger partial charge is 0.202 e. The fourth-order valence-electron chi connectivity index (χ4n) is 0.966. The zero-order valence-electron chi connectivity index (χ0n) is 9.24. The molecule has 0 saturated heterocycles. The summed E-state index contributed by atoms with van der Waals surface area (Å²) in [4.78, 5) is 6.52. The first-order valence-corrected chi connectivity index (χ1v) is 5.61. The molecule has 0 aliphatic heterocycles. The molecule has 0 aliphatic carbocycles. The van der Waals surface area contributed by atoms with E-state index in [4.69, 9.17) is 0 Å². The predicted molar refractivity (Wildman–Crippen MR) is 60.9 cm³/mol. The van der Waals surface area contributed by atoms with Crippen molar-refractivity contribution in [3.8, 4) is 0 Å². The molecule has 1 aromatic rings. The number of aryl methyl sites for hydroxylation is 1. The maximum Gasteiger partial charge on any atom is 0.202 e. The van der Waals surface area contributed by atoms with Crippen LogP contribution in [0.1, 0.15) is 19.7 Å². The van der Waals surface area contributed by atoms with Gasteiger partial charge in [0.2, 0.25) is 5.13 Å². The Bertz CT molecular complexity index is 272. The highest BCUT2D eigenvalue weighted by molar-refractivity contribution is 7.09. The summed E-state index contributed by atoms with van der Waals surface area (Å²) in [6.45, 7) is 8.23. The van der Waals surface area contributed by atoms with E-state index >= 15 is 0 Å². The summed E-state index contributed by atoms with van der Waals surface area (Å²) in [6, 6.07) is 0.591. The average Bonchev–Trinajstić information content (AvgIpc) is 2.51. The highest BCUT2D eigenvalue weighted by Gasteiger charge is 2.03. The maximum atomic E-state index is 4.23. The largest absolute Gasteiger partial charge is 0.359 e. The van der Waals surface area contributed by atoms with E-state index in [9.17, 15) is 0 Å². The molecule has 0 aliphatic rings. The third kappa shape index (κ3) is 3.59. The molecule has 0 bridgehead atoms. The Labute approximate surface area is 89.5 Å². The van der Waals surface area contributed by atoms with E-state index < -0.39 is 0 Å². The van der Waals surface area contributed by atoms with Gasteiger partial charge in [-0.25, -0.2) is 4.98 Å². The molecule has 5 heteroatoms. The van der Waals surface area contributed by atoms with Crippen LogP contribution in [-0.4, -0.2) is 40.4 Å². The Balaban J connectivity index is 2.22. The third-order valence-electron chi connectivity index (χ3n) is 2.15. The SMILES string of the molecule is Cc1nsc(NCCN(C)C(C)C)n1. The van der Waals surface area contributed by atoms with E-state index in [0.717, 1.165) is 24.0 Å². The predicted octanol–water partition coefficient (Wildman–Crippen LogP) is 1.60. The number of hydrogen-bond acceptors (Lipinski definition) is 5. The van der Waals surface area contributed by atoms with Crippen LogP contribution in [0.2, 0.25) is 0 Å². The van der Waals surface area contributed by atoms with Gasteiger partial charge < -0.3 is 10.2 Å². The van der Waals surface area contributed by atoms with Crippen molar-refractivity contribution in [1.82, 2.24) is 14.3 Å². The van der Waals surface area contributed by atoms with Crippen LogP contribution >= 0.6 is 11.5 Å². The molecule has 1 heterocycles. The van der Waals surface area contributed by atoms with E-state index in [-0.39, 0.29) is 0 Å². The Morgan fingerprint density at radius 2 is 2.21 bits per heavy atom. The van der Waals surface area contributed by atoms with Gasteiger partial charge in [-0.15, -0.1) is 0 Å². The van der Waals surface area contributed by atoms with Gasteiger partial charge >= 0.3 is 0 Å². The fourth-order valence-corrected chi connectivity index (χ4v) is 1.57. The minimum Gasteiger partial charge on any atom is -0.359 e. The molecule has 0 radical (unpaired) electrons. The van der Waals surface area contributed by atoms with Gasteiger partial charge in [-0.1, -0.05) is 0 Å². The zero-order chi connectivity index (χ0) is 10.6. The van der Waals surface area contributed by atoms with Gasteiger partial charge in [-0.3, -0.25) is 0 Å². The molecule has 0 fully saturated rings. The second-order valence-corrected chi connectivity index (χ2v) is 4.40. The molecule has 0 saturated carbocycles. The number of nitrogens with zero attached hydrogens (tertiary/aromatic N) is 3. The maximum absolute atomic E-state index is 4.23. The van der Waals surface area contributed by atoms with E-state index in [1.807, 2.05) is 6.92 Å². The van der Waals surface area contributed by atoms with E-state index in [1.54, 1.807) is 0 Å². The Morgan fingerprint density at radius 3 is 2.71 bits per heavy atom. The molecular weight excluding hydrogens is 196 g/mol. The summed E-state index contributed by atoms with van der Waals surface area (Å²) < 4.78 is 4.10. The van der Waals surface area contributed by atoms with Gasteiger partial charge in [0.05, 0.1) is 0 Å². The van der Waals surface area contributed by atoms with Gasteiger partial charge in [0.25, 0.3) is 0 Å². The van der Waals surface area contributed by atoms with Crippen molar-refractivity contribution < 1.29 is 0 Å². The first-order chi connectivity index (χ1) is 6.59. The number of likely N-dealkylation sites (N-methyl/N-ethyl adjacent to an activating group) is 1. The highest BCUT2D eigenvalue weighted by Crippen LogP contribution is 2.09. The highest BCUT2D eigenvalue weighted by atomic mass is 32.1. The van der Waals surface area contributed by atoms with Crippen LogP contribution in [-0.2, 0) is 0 Å². The standard InChI is InChI=1S/C9H18N4S/c1-7(2)13(4)6-5-10-9-11-8(3)12-14-9/h7H,5-6H2,1-4H3,(H,10,11,12). The van der Waals surface area contributed by atoms with Crippen LogP contribution in [0, 0.1) is 6.92 Å². The van der Waals surface area contributed by atoms with Crippen molar-refractivity contribution in [2.45, 2.75) is 26.8 Å². The van der Waals surface area contributed by atoms with Crippen molar-refractivity contribution in [2.75, 3.05) is 25.5 Å². The number of rotatable bonds is 5. The molecule has 14 heavy (non-hydrogen) atoms. The molecule has 0 atom stereocenters. The lowest BCUT2D eigenvalue weighted by Gasteiger charge is -2.20. The normalized spacial score (nSPS) is 11.3. The lowest BCUT2D eigenvalue weighted by molar-refractivity contribution is 0.284. The Kier molecular flexibility index (Phi) is 4.28. The quantitative estimate of drug-likeness (QED) is 0.808. The van der Waals surface area contributed by atoms with Crippen LogP contribution < -0.4 is 5.32 Å². The fraction of sp³-hybridized carbons (Fsp3) is 0.778. The van der Waals surface area contributed by atoms with Crippen LogP contribution in [0.25, 0.3) is 0 Å². The van der Waals surface area contributed by atoms with Crippen LogP contribution in [0.4, 0.5) is 5.13 Å². The molecule has 80 valence electrons. The van der Waals surface area contributed by atoms with E-state index in [2.05, 4.69) is 40.5 Å². The molecule has 1 N–H and O–H groups in total. The van der Waals surface area contributed by atoms with Crippen molar-refractivity contribution >= 4 is 16.7 Å². The molecule has 4 nitrogen and oxygen atoms in total. The Hall–Kier alpha value is -0.680. The molecular formula is C9H18N4S. The van der Waals surface area contributed by atoms with Gasteiger partial charge in [0.1, 0.15) is 5.82 Å². The number of nitrogens with one attached hydrogen (secondary N) is 1. The number of anilines is 1. The van der Waals surface area contributed by atoms with E-state index in [1.165, 1.54) is 11.5 Å². The van der Waals surface area contributed by atoms with Gasteiger partial charge in [0, 0.05) is 30.7 Å². The number of aromatic nitrogens is 2. The summed E-state index contributed by atoms with van der Waals surface area (Å²) >= 11 is 1.42. The molecule has 0 amide bonds. The summed E-state index contributed by atoms with van der Waals surface area (Å²) in [7, 11) is 2.12. The van der Waals surface area contributed by atoms with Gasteiger partial charge in [-0.2, -0.15) is 4.37 Å². The van der Waals surface area contributed by atoms with Gasteiger partial charge in [0.15, 0.2) is 0 Å². The van der Waals surface area contributed by atoms with Crippen LogP contribution in [0.15, 0.2) is 0 Å². The van der Waals surface area contributed by atoms with Crippen LogP contribution in [0.5, 0.6) is 0 Å². The molecule has 0 spiro atoms. The third-order valence-corrected chi connectivity index (χ3v) is 2.91. The molecule has 0 unspecified atom stereocenters. The first-order valence-electron chi connectivity index (χ1n) is 4.84. The first kappa shape index (κ1) is 11.4. The minimum absolute atomic E-state index is 0.591. The second kappa shape index (κ2) is 5.26. The van der Waals surface area contributed by atoms with Crippen molar-refractivity contribution in [1.29, 1.82) is 0 Å². The topological polar surface area (TPSA) is 41.1 Å². The van der Waals surface area contributed by atoms with Gasteiger partial charge in [-0.05, 0) is 27.8 Å². The molecule has 0 aromatic carbocycles. The van der Waals surface area contributed by atoms with Crippen molar-refractivity contribution in [2.24, 2.45) is 0 Å². The van der Waals surface area contributed by atoms with E-state index in [0.29, 0.717) is 6.04 Å². The van der Waals surface area contributed by atoms with Crippen molar-refractivity contribution in [3.63, 3.8) is 0 Å². The average molecular weight is 214 g/mol. The lowest BCUT2D eigenvalue weighted by Crippen LogP contribution is -2.31. The van der Waals surface area contributed by atoms with Crippen LogP contribution in [0.3, 0.4) is 0 Å². The lowest BCUT2D eigenvalue weighted by atomic mass is 10.3. The molecule has 1 rings (SSSR count). The molecule has 1 aromatic heterocycles. The summed E-state index contributed by atoms with van der Waals surface area (Å²) in [5, 5.41) is 4.17. The zero-order valence-corrected chi connectivity index (χ0v) is 10.1. The Morgan fingerprint density at radius 1 is 1.50 bits per heavy atom. The summed E-state index contributed by atoms with van der Waals surface area (Å²) in [6.07, 6.45) is 0. The second-order valence-electron chi connectivity index (χ2n) is 3.65. The number of hydrogen-bond donors (Lipinski definition) is 1. The van der Waals surface area contributed by atoms with Crippen molar-refractivity contribution in [3.05, 3.63) is 5.82 Å².